The van der Waals surface area contributed by atoms with Crippen LogP contribution in [0.3, 0.4) is 0 Å². The second-order valence-corrected chi connectivity index (χ2v) is 6.59. The van der Waals surface area contributed by atoms with Gasteiger partial charge in [-0.2, -0.15) is 0 Å². The van der Waals surface area contributed by atoms with Gasteiger partial charge in [0.1, 0.15) is 0 Å². The predicted molar refractivity (Wildman–Crippen MR) is 98.1 cm³/mol. The number of aryl methyl sites for hydroxylation is 1. The monoisotopic (exact) mass is 337 g/mol. The number of carbonyl (C=O) groups is 2. The average molecular weight is 337 g/mol. The van der Waals surface area contributed by atoms with E-state index in [1.807, 2.05) is 61.2 Å². The van der Waals surface area contributed by atoms with Gasteiger partial charge in [0.05, 0.1) is 12.6 Å². The maximum atomic E-state index is 12.5. The van der Waals surface area contributed by atoms with Crippen molar-refractivity contribution in [3.8, 4) is 0 Å². The summed E-state index contributed by atoms with van der Waals surface area (Å²) in [5, 5.41) is 2.95. The number of primary amides is 1. The number of rotatable bonds is 4. The first kappa shape index (κ1) is 17.2. The number of amides is 2. The third-order valence-corrected chi connectivity index (χ3v) is 4.90. The second-order valence-electron chi connectivity index (χ2n) is 6.59. The SMILES string of the molecule is Cc1cccc(NC(=O)CN2Cc3ccccc3C[C@@H]2C(N)=O)c1C. The third kappa shape index (κ3) is 3.72. The van der Waals surface area contributed by atoms with Crippen LogP contribution in [0.2, 0.25) is 0 Å². The number of fused-ring (bicyclic) bond motifs is 1. The molecule has 2 amide bonds. The van der Waals surface area contributed by atoms with Gasteiger partial charge < -0.3 is 11.1 Å². The summed E-state index contributed by atoms with van der Waals surface area (Å²) in [5.74, 6) is -0.534. The molecular weight excluding hydrogens is 314 g/mol. The van der Waals surface area contributed by atoms with Crippen molar-refractivity contribution in [3.63, 3.8) is 0 Å². The number of benzene rings is 2. The van der Waals surface area contributed by atoms with Crippen molar-refractivity contribution in [2.45, 2.75) is 32.9 Å². The van der Waals surface area contributed by atoms with Crippen LogP contribution in [0.4, 0.5) is 5.69 Å². The van der Waals surface area contributed by atoms with Crippen LogP contribution < -0.4 is 11.1 Å². The maximum Gasteiger partial charge on any atom is 0.238 e. The summed E-state index contributed by atoms with van der Waals surface area (Å²) >= 11 is 0. The Kier molecular flexibility index (Phi) is 4.86. The van der Waals surface area contributed by atoms with Gasteiger partial charge in [0.2, 0.25) is 11.8 Å². The van der Waals surface area contributed by atoms with Crippen molar-refractivity contribution in [1.82, 2.24) is 4.90 Å². The van der Waals surface area contributed by atoms with Crippen LogP contribution in [-0.4, -0.2) is 29.3 Å². The van der Waals surface area contributed by atoms with E-state index in [1.165, 1.54) is 0 Å². The van der Waals surface area contributed by atoms with Gasteiger partial charge in [-0.15, -0.1) is 0 Å². The smallest absolute Gasteiger partial charge is 0.238 e. The fourth-order valence-electron chi connectivity index (χ4n) is 3.28. The molecular formula is C20H23N3O2. The molecule has 2 aromatic carbocycles. The second kappa shape index (κ2) is 7.07. The summed E-state index contributed by atoms with van der Waals surface area (Å²) in [6.07, 6.45) is 0.544. The highest BCUT2D eigenvalue weighted by Crippen LogP contribution is 2.23. The molecule has 5 nitrogen and oxygen atoms in total. The predicted octanol–water partition coefficient (Wildman–Crippen LogP) is 2.15. The van der Waals surface area contributed by atoms with Crippen LogP contribution in [0.15, 0.2) is 42.5 Å². The van der Waals surface area contributed by atoms with Crippen LogP contribution in [0.25, 0.3) is 0 Å². The molecule has 0 radical (unpaired) electrons. The number of anilines is 1. The lowest BCUT2D eigenvalue weighted by molar-refractivity contribution is -0.125. The van der Waals surface area contributed by atoms with Crippen molar-refractivity contribution in [2.75, 3.05) is 11.9 Å². The molecule has 1 aliphatic heterocycles. The Bertz CT molecular complexity index is 816. The minimum Gasteiger partial charge on any atom is -0.368 e. The standard InChI is InChI=1S/C20H23N3O2/c1-13-6-5-9-17(14(13)2)22-19(24)12-23-11-16-8-4-3-7-15(16)10-18(23)20(21)25/h3-9,18H,10-12H2,1-2H3,(H2,21,25)(H,22,24)/t18-/m1/s1. The molecule has 130 valence electrons. The van der Waals surface area contributed by atoms with Gasteiger partial charge >= 0.3 is 0 Å². The zero-order chi connectivity index (χ0) is 18.0. The van der Waals surface area contributed by atoms with Crippen molar-refractivity contribution in [1.29, 1.82) is 0 Å². The maximum absolute atomic E-state index is 12.5. The van der Waals surface area contributed by atoms with Gasteiger partial charge in [-0.05, 0) is 48.6 Å². The van der Waals surface area contributed by atoms with E-state index in [9.17, 15) is 9.59 Å². The lowest BCUT2D eigenvalue weighted by atomic mass is 9.93. The summed E-state index contributed by atoms with van der Waals surface area (Å²) in [6, 6.07) is 13.3. The topological polar surface area (TPSA) is 75.4 Å². The molecule has 2 aromatic rings. The minimum atomic E-state index is -0.459. The van der Waals surface area contributed by atoms with Crippen molar-refractivity contribution in [2.24, 2.45) is 5.73 Å². The lowest BCUT2D eigenvalue weighted by Gasteiger charge is -2.34. The zero-order valence-corrected chi connectivity index (χ0v) is 14.6. The number of hydrogen-bond donors (Lipinski definition) is 2. The van der Waals surface area contributed by atoms with Gasteiger partial charge in [-0.1, -0.05) is 36.4 Å². The van der Waals surface area contributed by atoms with Crippen LogP contribution in [-0.2, 0) is 22.6 Å². The fraction of sp³-hybridized carbons (Fsp3) is 0.300. The third-order valence-electron chi connectivity index (χ3n) is 4.90. The quantitative estimate of drug-likeness (QED) is 0.898. The molecule has 3 rings (SSSR count). The molecule has 0 spiro atoms. The Morgan fingerprint density at radius 1 is 1.12 bits per heavy atom. The van der Waals surface area contributed by atoms with Crippen LogP contribution in [0.5, 0.6) is 0 Å². The molecule has 0 bridgehead atoms. The number of nitrogens with one attached hydrogen (secondary N) is 1. The number of hydrogen-bond acceptors (Lipinski definition) is 3. The molecule has 0 aliphatic carbocycles. The van der Waals surface area contributed by atoms with Crippen LogP contribution in [0, 0.1) is 13.8 Å². The Balaban J connectivity index is 1.75. The van der Waals surface area contributed by atoms with E-state index in [0.717, 1.165) is 27.9 Å². The molecule has 1 aliphatic rings. The molecule has 0 unspecified atom stereocenters. The molecule has 0 fully saturated rings. The largest absolute Gasteiger partial charge is 0.368 e. The molecule has 25 heavy (non-hydrogen) atoms. The fourth-order valence-corrected chi connectivity index (χ4v) is 3.28. The first-order valence-electron chi connectivity index (χ1n) is 8.42. The average Bonchev–Trinajstić information content (AvgIpc) is 2.58. The highest BCUT2D eigenvalue weighted by molar-refractivity contribution is 5.93. The highest BCUT2D eigenvalue weighted by atomic mass is 16.2. The Hall–Kier alpha value is -2.66. The summed E-state index contributed by atoms with van der Waals surface area (Å²) in [6.45, 7) is 4.67. The van der Waals surface area contributed by atoms with E-state index < -0.39 is 11.9 Å². The number of nitrogens with zero attached hydrogens (tertiary/aromatic N) is 1. The van der Waals surface area contributed by atoms with Crippen molar-refractivity contribution in [3.05, 3.63) is 64.7 Å². The minimum absolute atomic E-state index is 0.134. The van der Waals surface area contributed by atoms with Gasteiger partial charge in [0, 0.05) is 12.2 Å². The molecule has 1 atom stereocenters. The lowest BCUT2D eigenvalue weighted by Crippen LogP contribution is -2.50. The van der Waals surface area contributed by atoms with Crippen molar-refractivity contribution < 1.29 is 9.59 Å². The molecule has 1 heterocycles. The molecule has 5 heteroatoms. The first-order chi connectivity index (χ1) is 12.0. The summed E-state index contributed by atoms with van der Waals surface area (Å²) in [7, 11) is 0. The molecule has 0 aromatic heterocycles. The Labute approximate surface area is 147 Å². The van der Waals surface area contributed by atoms with E-state index in [0.29, 0.717) is 13.0 Å². The molecule has 3 N–H and O–H groups in total. The van der Waals surface area contributed by atoms with Crippen molar-refractivity contribution >= 4 is 17.5 Å². The number of carbonyl (C=O) groups excluding carboxylic acids is 2. The normalized spacial score (nSPS) is 17.0. The summed E-state index contributed by atoms with van der Waals surface area (Å²) in [5.41, 5.74) is 10.8. The van der Waals surface area contributed by atoms with Crippen LogP contribution >= 0.6 is 0 Å². The van der Waals surface area contributed by atoms with Crippen LogP contribution in [0.1, 0.15) is 22.3 Å². The van der Waals surface area contributed by atoms with E-state index in [2.05, 4.69) is 5.32 Å². The zero-order valence-electron chi connectivity index (χ0n) is 14.6. The highest BCUT2D eigenvalue weighted by Gasteiger charge is 2.31. The van der Waals surface area contributed by atoms with Gasteiger partial charge in [-0.25, -0.2) is 0 Å². The Morgan fingerprint density at radius 3 is 2.56 bits per heavy atom. The van der Waals surface area contributed by atoms with E-state index in [1.54, 1.807) is 0 Å². The van der Waals surface area contributed by atoms with Gasteiger partial charge in [0.15, 0.2) is 0 Å². The molecule has 0 saturated carbocycles. The Morgan fingerprint density at radius 2 is 1.84 bits per heavy atom. The van der Waals surface area contributed by atoms with Gasteiger partial charge in [0.25, 0.3) is 0 Å². The number of nitrogens with two attached hydrogens (primary N) is 1. The summed E-state index contributed by atoms with van der Waals surface area (Å²) < 4.78 is 0. The summed E-state index contributed by atoms with van der Waals surface area (Å²) in [4.78, 5) is 26.2. The van der Waals surface area contributed by atoms with E-state index >= 15 is 0 Å². The van der Waals surface area contributed by atoms with E-state index in [4.69, 9.17) is 5.73 Å². The van der Waals surface area contributed by atoms with Gasteiger partial charge in [-0.3, -0.25) is 14.5 Å². The van der Waals surface area contributed by atoms with E-state index in [-0.39, 0.29) is 12.5 Å². The molecule has 0 saturated heterocycles. The first-order valence-corrected chi connectivity index (χ1v) is 8.42.